The summed E-state index contributed by atoms with van der Waals surface area (Å²) in [4.78, 5) is 21.7. The van der Waals surface area contributed by atoms with Crippen molar-refractivity contribution in [1.29, 1.82) is 0 Å². The van der Waals surface area contributed by atoms with E-state index in [9.17, 15) is 9.18 Å². The molecule has 1 fully saturated rings. The molecule has 128 valence electrons. The molecule has 0 saturated heterocycles. The highest BCUT2D eigenvalue weighted by molar-refractivity contribution is 7.98. The van der Waals surface area contributed by atoms with E-state index < -0.39 is 0 Å². The molecule has 25 heavy (non-hydrogen) atoms. The average Bonchev–Trinajstić information content (AvgIpc) is 3.41. The summed E-state index contributed by atoms with van der Waals surface area (Å²) in [6, 6.07) is 8.04. The Kier molecular flexibility index (Phi) is 4.07. The second-order valence-electron chi connectivity index (χ2n) is 6.48. The largest absolute Gasteiger partial charge is 0.292 e. The van der Waals surface area contributed by atoms with Gasteiger partial charge < -0.3 is 0 Å². The molecular formula is C19H18FN3OS. The first-order valence-electron chi connectivity index (χ1n) is 8.29. The van der Waals surface area contributed by atoms with Crippen molar-refractivity contribution in [3.05, 3.63) is 52.1 Å². The van der Waals surface area contributed by atoms with Crippen LogP contribution in [0.2, 0.25) is 0 Å². The number of nitrogens with zero attached hydrogens (tertiary/aromatic N) is 3. The van der Waals surface area contributed by atoms with E-state index in [0.717, 1.165) is 35.0 Å². The summed E-state index contributed by atoms with van der Waals surface area (Å²) in [6.45, 7) is 2.56. The van der Waals surface area contributed by atoms with E-state index in [1.807, 2.05) is 13.2 Å². The second-order valence-corrected chi connectivity index (χ2v) is 7.25. The molecule has 4 rings (SSSR count). The molecule has 0 bridgehead atoms. The number of thioether (sulfide) groups is 1. The summed E-state index contributed by atoms with van der Waals surface area (Å²) >= 11 is 1.44. The first-order valence-corrected chi connectivity index (χ1v) is 9.51. The summed E-state index contributed by atoms with van der Waals surface area (Å²) in [5, 5.41) is 1.44. The van der Waals surface area contributed by atoms with Crippen LogP contribution in [0.25, 0.3) is 22.3 Å². The van der Waals surface area contributed by atoms with E-state index in [-0.39, 0.29) is 11.4 Å². The second kappa shape index (κ2) is 6.26. The number of aromatic nitrogens is 3. The molecule has 2 aromatic heterocycles. The van der Waals surface area contributed by atoms with Crippen LogP contribution < -0.4 is 5.56 Å². The Bertz CT molecular complexity index is 1030. The molecule has 6 heteroatoms. The van der Waals surface area contributed by atoms with Crippen LogP contribution in [0, 0.1) is 18.7 Å². The lowest BCUT2D eigenvalue weighted by Crippen LogP contribution is -2.21. The molecule has 0 radical (unpaired) electrons. The standard InChI is InChI=1S/C19H18FN3OS/c1-11-9-13(20)5-6-14(11)17-15-7-8-16(24)23(10-12-3-4-12)18(15)22-19(21-17)25-2/h5-9,12H,3-4,10H2,1-2H3. The maximum absolute atomic E-state index is 13.5. The molecule has 0 unspecified atom stereocenters. The van der Waals surface area contributed by atoms with Gasteiger partial charge in [0.15, 0.2) is 5.16 Å². The molecule has 2 heterocycles. The van der Waals surface area contributed by atoms with Crippen LogP contribution in [-0.4, -0.2) is 20.8 Å². The van der Waals surface area contributed by atoms with Crippen LogP contribution >= 0.6 is 11.8 Å². The third-order valence-corrected chi connectivity index (χ3v) is 5.13. The number of hydrogen-bond donors (Lipinski definition) is 0. The van der Waals surface area contributed by atoms with Crippen molar-refractivity contribution in [1.82, 2.24) is 14.5 Å². The molecule has 3 aromatic rings. The van der Waals surface area contributed by atoms with Crippen molar-refractivity contribution in [2.45, 2.75) is 31.5 Å². The lowest BCUT2D eigenvalue weighted by atomic mass is 10.0. The van der Waals surface area contributed by atoms with Gasteiger partial charge in [0.2, 0.25) is 0 Å². The van der Waals surface area contributed by atoms with Gasteiger partial charge in [-0.3, -0.25) is 9.36 Å². The van der Waals surface area contributed by atoms with Crippen LogP contribution in [0.5, 0.6) is 0 Å². The highest BCUT2D eigenvalue weighted by atomic mass is 32.2. The predicted octanol–water partition coefficient (Wildman–Crippen LogP) is 4.04. The van der Waals surface area contributed by atoms with Crippen LogP contribution in [-0.2, 0) is 6.54 Å². The minimum Gasteiger partial charge on any atom is -0.292 e. The maximum atomic E-state index is 13.5. The molecule has 1 aliphatic carbocycles. The highest BCUT2D eigenvalue weighted by Gasteiger charge is 2.24. The van der Waals surface area contributed by atoms with E-state index in [1.54, 1.807) is 22.8 Å². The predicted molar refractivity (Wildman–Crippen MR) is 98.4 cm³/mol. The fraction of sp³-hybridized carbons (Fsp3) is 0.316. The monoisotopic (exact) mass is 355 g/mol. The number of aryl methyl sites for hydroxylation is 1. The van der Waals surface area contributed by atoms with Crippen molar-refractivity contribution in [2.75, 3.05) is 6.26 Å². The summed E-state index contributed by atoms with van der Waals surface area (Å²) in [6.07, 6.45) is 4.23. The topological polar surface area (TPSA) is 47.8 Å². The molecule has 1 aliphatic rings. The van der Waals surface area contributed by atoms with Crippen LogP contribution in [0.3, 0.4) is 0 Å². The summed E-state index contributed by atoms with van der Waals surface area (Å²) < 4.78 is 15.3. The Balaban J connectivity index is 2.02. The Labute approximate surface area is 149 Å². The summed E-state index contributed by atoms with van der Waals surface area (Å²) in [5.74, 6) is 0.294. The third-order valence-electron chi connectivity index (χ3n) is 4.58. The van der Waals surface area contributed by atoms with Crippen molar-refractivity contribution < 1.29 is 4.39 Å². The number of pyridine rings is 1. The number of rotatable bonds is 4. The normalized spacial score (nSPS) is 14.2. The summed E-state index contributed by atoms with van der Waals surface area (Å²) in [5.41, 5.74) is 3.05. The number of fused-ring (bicyclic) bond motifs is 1. The van der Waals surface area contributed by atoms with Gasteiger partial charge in [-0.15, -0.1) is 0 Å². The van der Waals surface area contributed by atoms with Gasteiger partial charge >= 0.3 is 0 Å². The van der Waals surface area contributed by atoms with Gasteiger partial charge in [0.1, 0.15) is 11.5 Å². The lowest BCUT2D eigenvalue weighted by molar-refractivity contribution is 0.619. The van der Waals surface area contributed by atoms with Crippen molar-refractivity contribution in [3.8, 4) is 11.3 Å². The molecular weight excluding hydrogens is 337 g/mol. The first kappa shape index (κ1) is 16.3. The smallest absolute Gasteiger partial charge is 0.252 e. The zero-order valence-electron chi connectivity index (χ0n) is 14.1. The van der Waals surface area contributed by atoms with Gasteiger partial charge in [-0.2, -0.15) is 0 Å². The van der Waals surface area contributed by atoms with E-state index in [1.165, 1.54) is 23.9 Å². The molecule has 1 aromatic carbocycles. The fourth-order valence-corrected chi connectivity index (χ4v) is 3.43. The van der Waals surface area contributed by atoms with E-state index in [2.05, 4.69) is 9.97 Å². The minimum absolute atomic E-state index is 0.0352. The SMILES string of the molecule is CSc1nc(-c2ccc(F)cc2C)c2ccc(=O)n(CC3CC3)c2n1. The zero-order valence-corrected chi connectivity index (χ0v) is 14.9. The van der Waals surface area contributed by atoms with E-state index in [4.69, 9.17) is 0 Å². The zero-order chi connectivity index (χ0) is 17.6. The van der Waals surface area contributed by atoms with Crippen LogP contribution in [0.4, 0.5) is 4.39 Å². The Hall–Kier alpha value is -2.21. The Morgan fingerprint density at radius 3 is 2.72 bits per heavy atom. The van der Waals surface area contributed by atoms with Crippen molar-refractivity contribution in [3.63, 3.8) is 0 Å². The maximum Gasteiger partial charge on any atom is 0.252 e. The number of hydrogen-bond acceptors (Lipinski definition) is 4. The van der Waals surface area contributed by atoms with Gasteiger partial charge in [-0.25, -0.2) is 14.4 Å². The Morgan fingerprint density at radius 2 is 2.04 bits per heavy atom. The number of benzene rings is 1. The molecule has 0 spiro atoms. The first-order chi connectivity index (χ1) is 12.1. The van der Waals surface area contributed by atoms with Gasteiger partial charge in [-0.05, 0) is 61.8 Å². The van der Waals surface area contributed by atoms with E-state index >= 15 is 0 Å². The lowest BCUT2D eigenvalue weighted by Gasteiger charge is -2.14. The molecule has 0 N–H and O–H groups in total. The van der Waals surface area contributed by atoms with Crippen LogP contribution in [0.1, 0.15) is 18.4 Å². The fourth-order valence-electron chi connectivity index (χ4n) is 3.07. The Morgan fingerprint density at radius 1 is 1.24 bits per heavy atom. The quantitative estimate of drug-likeness (QED) is 0.523. The summed E-state index contributed by atoms with van der Waals surface area (Å²) in [7, 11) is 0. The minimum atomic E-state index is -0.268. The van der Waals surface area contributed by atoms with Crippen LogP contribution in [0.15, 0.2) is 40.3 Å². The van der Waals surface area contributed by atoms with Gasteiger partial charge in [-0.1, -0.05) is 11.8 Å². The van der Waals surface area contributed by atoms with Crippen molar-refractivity contribution >= 4 is 22.8 Å². The van der Waals surface area contributed by atoms with Gasteiger partial charge in [0.25, 0.3) is 5.56 Å². The molecule has 4 nitrogen and oxygen atoms in total. The third kappa shape index (κ3) is 3.06. The van der Waals surface area contributed by atoms with Gasteiger partial charge in [0.05, 0.1) is 5.69 Å². The molecule has 0 aliphatic heterocycles. The highest BCUT2D eigenvalue weighted by Crippen LogP contribution is 2.33. The molecule has 0 amide bonds. The number of halogens is 1. The average molecular weight is 355 g/mol. The molecule has 1 saturated carbocycles. The van der Waals surface area contributed by atoms with Crippen molar-refractivity contribution in [2.24, 2.45) is 5.92 Å². The van der Waals surface area contributed by atoms with Gasteiger partial charge in [0, 0.05) is 23.6 Å². The van der Waals surface area contributed by atoms with E-state index in [0.29, 0.717) is 23.3 Å². The molecule has 0 atom stereocenters.